The summed E-state index contributed by atoms with van der Waals surface area (Å²) in [5.74, 6) is 0.628. The van der Waals surface area contributed by atoms with Gasteiger partial charge >= 0.3 is 0 Å². The van der Waals surface area contributed by atoms with E-state index in [2.05, 4.69) is 36.7 Å². The first-order chi connectivity index (χ1) is 7.22. The highest BCUT2D eigenvalue weighted by Crippen LogP contribution is 2.16. The van der Waals surface area contributed by atoms with Gasteiger partial charge in [0, 0.05) is 12.5 Å². The molecule has 1 heteroatoms. The van der Waals surface area contributed by atoms with Crippen LogP contribution in [-0.2, 0) is 6.42 Å². The minimum absolute atomic E-state index is 0. The van der Waals surface area contributed by atoms with Crippen LogP contribution in [0.5, 0.6) is 0 Å². The molecule has 0 radical (unpaired) electrons. The third kappa shape index (κ3) is 1.82. The van der Waals surface area contributed by atoms with Crippen molar-refractivity contribution < 1.29 is 1.43 Å². The van der Waals surface area contributed by atoms with Crippen molar-refractivity contribution in [3.05, 3.63) is 40.1 Å². The lowest BCUT2D eigenvalue weighted by atomic mass is 9.95. The van der Waals surface area contributed by atoms with Crippen LogP contribution in [0.1, 0.15) is 26.5 Å². The number of rotatable bonds is 1. The van der Waals surface area contributed by atoms with Crippen molar-refractivity contribution in [2.75, 3.05) is 0 Å². The highest BCUT2D eigenvalue weighted by Gasteiger charge is 2.12. The lowest BCUT2D eigenvalue weighted by Gasteiger charge is -2.10. The van der Waals surface area contributed by atoms with Gasteiger partial charge in [-0.25, -0.2) is 0 Å². The van der Waals surface area contributed by atoms with E-state index in [0.29, 0.717) is 5.92 Å². The Kier molecular flexibility index (Phi) is 2.63. The lowest BCUT2D eigenvalue weighted by molar-refractivity contribution is 0.715. The monoisotopic (exact) mass is 201 g/mol. The van der Waals surface area contributed by atoms with Crippen LogP contribution in [0.3, 0.4) is 0 Å². The standard InChI is InChI=1S/C14H17N.H2/c1-4-5-6-13-11(3)12-9-10(2)7-8-14(12)15-13;/h4-8,10,15H,3,9H2,1-2H3;1H/b5-4-,13-6+;. The molecule has 0 amide bonds. The predicted molar refractivity (Wildman–Crippen MR) is 68.9 cm³/mol. The fourth-order valence-corrected chi connectivity index (χ4v) is 1.98. The zero-order chi connectivity index (χ0) is 10.8. The lowest BCUT2D eigenvalue weighted by Crippen LogP contribution is -2.23. The Morgan fingerprint density at radius 1 is 1.60 bits per heavy atom. The topological polar surface area (TPSA) is 15.8 Å². The minimum atomic E-state index is 0. The van der Waals surface area contributed by atoms with Crippen LogP contribution in [-0.4, -0.2) is 4.98 Å². The van der Waals surface area contributed by atoms with Gasteiger partial charge in [-0.2, -0.15) is 0 Å². The van der Waals surface area contributed by atoms with Crippen molar-refractivity contribution in [1.82, 2.24) is 4.98 Å². The van der Waals surface area contributed by atoms with E-state index in [-0.39, 0.29) is 1.43 Å². The average molecular weight is 201 g/mol. The highest BCUT2D eigenvalue weighted by atomic mass is 14.7. The van der Waals surface area contributed by atoms with E-state index in [1.54, 1.807) is 0 Å². The third-order valence-electron chi connectivity index (χ3n) is 2.86. The van der Waals surface area contributed by atoms with Gasteiger partial charge in [0.1, 0.15) is 0 Å². The molecule has 15 heavy (non-hydrogen) atoms. The first-order valence-corrected chi connectivity index (χ1v) is 5.43. The summed E-state index contributed by atoms with van der Waals surface area (Å²) in [6.07, 6.45) is 11.7. The molecule has 0 saturated carbocycles. The zero-order valence-electron chi connectivity index (χ0n) is 9.38. The second-order valence-corrected chi connectivity index (χ2v) is 4.14. The average Bonchev–Trinajstić information content (AvgIpc) is 2.53. The SMILES string of the molecule is C=c1c2c([nH]/c1=C/C=C\C)C=CC(C)C2.[HH]. The Balaban J connectivity index is 0.00000128. The van der Waals surface area contributed by atoms with E-state index < -0.39 is 0 Å². The molecule has 1 nitrogen and oxygen atoms in total. The molecule has 1 heterocycles. The molecule has 1 aromatic heterocycles. The molecule has 0 aliphatic heterocycles. The summed E-state index contributed by atoms with van der Waals surface area (Å²) >= 11 is 0. The Morgan fingerprint density at radius 2 is 2.40 bits per heavy atom. The van der Waals surface area contributed by atoms with Gasteiger partial charge in [-0.15, -0.1) is 0 Å². The molecular weight excluding hydrogens is 182 g/mol. The minimum Gasteiger partial charge on any atom is -0.355 e. The Morgan fingerprint density at radius 3 is 3.13 bits per heavy atom. The van der Waals surface area contributed by atoms with Crippen LogP contribution < -0.4 is 10.6 Å². The first kappa shape index (κ1) is 10.0. The Hall–Kier alpha value is -1.50. The zero-order valence-corrected chi connectivity index (χ0v) is 9.38. The second kappa shape index (κ2) is 3.93. The van der Waals surface area contributed by atoms with Gasteiger partial charge < -0.3 is 4.98 Å². The molecule has 0 aromatic carbocycles. The molecule has 0 bridgehead atoms. The Bertz CT molecular complexity index is 520. The summed E-state index contributed by atoms with van der Waals surface area (Å²) < 4.78 is 0. The van der Waals surface area contributed by atoms with Gasteiger partial charge in [0.2, 0.25) is 0 Å². The molecule has 80 valence electrons. The number of H-pyrrole nitrogens is 1. The van der Waals surface area contributed by atoms with E-state index in [4.69, 9.17) is 0 Å². The molecule has 2 rings (SSSR count). The largest absolute Gasteiger partial charge is 0.355 e. The third-order valence-corrected chi connectivity index (χ3v) is 2.86. The molecule has 1 aliphatic carbocycles. The number of hydrogen-bond acceptors (Lipinski definition) is 0. The molecule has 1 unspecified atom stereocenters. The molecule has 1 N–H and O–H groups in total. The van der Waals surface area contributed by atoms with Crippen molar-refractivity contribution >= 4 is 18.7 Å². The smallest absolute Gasteiger partial charge is 0.0455 e. The summed E-state index contributed by atoms with van der Waals surface area (Å²) in [7, 11) is 0. The summed E-state index contributed by atoms with van der Waals surface area (Å²) in [6.45, 7) is 8.41. The number of fused-ring (bicyclic) bond motifs is 1. The summed E-state index contributed by atoms with van der Waals surface area (Å²) in [4.78, 5) is 3.40. The maximum Gasteiger partial charge on any atom is 0.0455 e. The van der Waals surface area contributed by atoms with E-state index in [1.807, 2.05) is 19.1 Å². The highest BCUT2D eigenvalue weighted by molar-refractivity contribution is 5.55. The van der Waals surface area contributed by atoms with Gasteiger partial charge in [0.05, 0.1) is 0 Å². The maximum absolute atomic E-state index is 4.15. The van der Waals surface area contributed by atoms with Crippen molar-refractivity contribution in [3.8, 4) is 0 Å². The number of aromatic nitrogens is 1. The molecule has 0 spiro atoms. The van der Waals surface area contributed by atoms with E-state index >= 15 is 0 Å². The number of nitrogens with one attached hydrogen (secondary N) is 1. The summed E-state index contributed by atoms with van der Waals surface area (Å²) in [6, 6.07) is 0. The van der Waals surface area contributed by atoms with Crippen LogP contribution in [0.4, 0.5) is 0 Å². The van der Waals surface area contributed by atoms with Gasteiger partial charge in [0.25, 0.3) is 0 Å². The quantitative estimate of drug-likeness (QED) is 0.717. The predicted octanol–water partition coefficient (Wildman–Crippen LogP) is 2.23. The van der Waals surface area contributed by atoms with Crippen LogP contribution in [0, 0.1) is 5.92 Å². The number of allylic oxidation sites excluding steroid dienone is 3. The fourth-order valence-electron chi connectivity index (χ4n) is 1.98. The van der Waals surface area contributed by atoms with Gasteiger partial charge in [0.15, 0.2) is 0 Å². The van der Waals surface area contributed by atoms with Crippen LogP contribution in [0.25, 0.3) is 18.7 Å². The Labute approximate surface area is 92.0 Å². The molecule has 1 aromatic rings. The molecular formula is C14H19N. The van der Waals surface area contributed by atoms with Gasteiger partial charge in [-0.05, 0) is 42.2 Å². The molecule has 1 atom stereocenters. The number of aromatic amines is 1. The summed E-state index contributed by atoms with van der Waals surface area (Å²) in [5.41, 5.74) is 2.61. The molecule has 0 saturated heterocycles. The van der Waals surface area contributed by atoms with Crippen molar-refractivity contribution in [2.24, 2.45) is 5.92 Å². The second-order valence-electron chi connectivity index (χ2n) is 4.14. The van der Waals surface area contributed by atoms with E-state index in [1.165, 1.54) is 11.3 Å². The van der Waals surface area contributed by atoms with Gasteiger partial charge in [-0.1, -0.05) is 31.7 Å². The molecule has 1 aliphatic rings. The van der Waals surface area contributed by atoms with Crippen molar-refractivity contribution in [1.29, 1.82) is 0 Å². The van der Waals surface area contributed by atoms with E-state index in [9.17, 15) is 0 Å². The fraction of sp³-hybridized carbons (Fsp3) is 0.286. The maximum atomic E-state index is 4.15. The van der Waals surface area contributed by atoms with Crippen LogP contribution in [0.2, 0.25) is 0 Å². The first-order valence-electron chi connectivity index (χ1n) is 5.43. The van der Waals surface area contributed by atoms with Crippen molar-refractivity contribution in [2.45, 2.75) is 20.3 Å². The van der Waals surface area contributed by atoms with Crippen LogP contribution >= 0.6 is 0 Å². The van der Waals surface area contributed by atoms with Crippen LogP contribution in [0.15, 0.2) is 18.2 Å². The van der Waals surface area contributed by atoms with E-state index in [0.717, 1.165) is 17.0 Å². The summed E-state index contributed by atoms with van der Waals surface area (Å²) in [5, 5.41) is 2.29. The number of hydrogen-bond donors (Lipinski definition) is 1. The van der Waals surface area contributed by atoms with Crippen molar-refractivity contribution in [3.63, 3.8) is 0 Å². The molecule has 0 fully saturated rings. The van der Waals surface area contributed by atoms with Gasteiger partial charge in [-0.3, -0.25) is 0 Å². The normalized spacial score (nSPS) is 21.2.